The van der Waals surface area contributed by atoms with E-state index in [4.69, 9.17) is 5.73 Å². The lowest BCUT2D eigenvalue weighted by Gasteiger charge is -2.09. The average molecular weight is 207 g/mol. The fourth-order valence-corrected chi connectivity index (χ4v) is 2.09. The van der Waals surface area contributed by atoms with E-state index in [2.05, 4.69) is 0 Å². The minimum atomic E-state index is -0.241. The molecule has 0 spiro atoms. The van der Waals surface area contributed by atoms with Gasteiger partial charge in [-0.05, 0) is 29.1 Å². The van der Waals surface area contributed by atoms with E-state index >= 15 is 0 Å². The maximum Gasteiger partial charge on any atom is 0.123 e. The van der Waals surface area contributed by atoms with Crippen LogP contribution in [-0.2, 0) is 0 Å². The standard InChI is InChI=1S/C11H10FNS/c12-9-4-1-3-8(7-9)11(13)10-5-2-6-14-10/h1-7,11H,13H2/t11-/m1/s1. The van der Waals surface area contributed by atoms with Gasteiger partial charge in [0.2, 0.25) is 0 Å². The lowest BCUT2D eigenvalue weighted by molar-refractivity contribution is 0.624. The molecule has 2 N–H and O–H groups in total. The van der Waals surface area contributed by atoms with Crippen LogP contribution in [0.2, 0.25) is 0 Å². The highest BCUT2D eigenvalue weighted by molar-refractivity contribution is 7.10. The van der Waals surface area contributed by atoms with Crippen molar-refractivity contribution in [2.45, 2.75) is 6.04 Å². The first-order chi connectivity index (χ1) is 6.77. The zero-order valence-electron chi connectivity index (χ0n) is 7.48. The van der Waals surface area contributed by atoms with Crippen molar-refractivity contribution in [3.63, 3.8) is 0 Å². The van der Waals surface area contributed by atoms with Crippen molar-refractivity contribution in [2.75, 3.05) is 0 Å². The summed E-state index contributed by atoms with van der Waals surface area (Å²) in [6.07, 6.45) is 0. The molecule has 1 aromatic heterocycles. The number of rotatable bonds is 2. The van der Waals surface area contributed by atoms with Crippen molar-refractivity contribution in [2.24, 2.45) is 5.73 Å². The van der Waals surface area contributed by atoms with Crippen LogP contribution in [-0.4, -0.2) is 0 Å². The van der Waals surface area contributed by atoms with Crippen LogP contribution in [0.1, 0.15) is 16.5 Å². The highest BCUT2D eigenvalue weighted by atomic mass is 32.1. The van der Waals surface area contributed by atoms with Crippen molar-refractivity contribution in [1.82, 2.24) is 0 Å². The molecule has 72 valence electrons. The van der Waals surface area contributed by atoms with Crippen LogP contribution < -0.4 is 5.73 Å². The van der Waals surface area contributed by atoms with E-state index < -0.39 is 0 Å². The minimum Gasteiger partial charge on any atom is -0.320 e. The molecule has 1 heterocycles. The van der Waals surface area contributed by atoms with Crippen LogP contribution in [0.4, 0.5) is 4.39 Å². The summed E-state index contributed by atoms with van der Waals surface area (Å²) in [7, 11) is 0. The second-order valence-electron chi connectivity index (χ2n) is 3.05. The van der Waals surface area contributed by atoms with Gasteiger partial charge in [0.15, 0.2) is 0 Å². The van der Waals surface area contributed by atoms with Gasteiger partial charge in [0.05, 0.1) is 6.04 Å². The summed E-state index contributed by atoms with van der Waals surface area (Å²) < 4.78 is 12.9. The Bertz CT molecular complexity index is 411. The topological polar surface area (TPSA) is 26.0 Å². The fraction of sp³-hybridized carbons (Fsp3) is 0.0909. The summed E-state index contributed by atoms with van der Waals surface area (Å²) in [5, 5.41) is 1.97. The molecule has 0 saturated carbocycles. The number of benzene rings is 1. The van der Waals surface area contributed by atoms with Gasteiger partial charge in [0, 0.05) is 4.88 Å². The summed E-state index contributed by atoms with van der Waals surface area (Å²) >= 11 is 1.58. The molecular weight excluding hydrogens is 197 g/mol. The van der Waals surface area contributed by atoms with E-state index in [9.17, 15) is 4.39 Å². The molecule has 1 aromatic carbocycles. The molecule has 0 saturated heterocycles. The van der Waals surface area contributed by atoms with Gasteiger partial charge in [-0.1, -0.05) is 18.2 Å². The van der Waals surface area contributed by atoms with E-state index in [1.807, 2.05) is 23.6 Å². The van der Waals surface area contributed by atoms with Crippen LogP contribution >= 0.6 is 11.3 Å². The monoisotopic (exact) mass is 207 g/mol. The summed E-state index contributed by atoms with van der Waals surface area (Å²) in [5.74, 6) is -0.241. The van der Waals surface area contributed by atoms with Gasteiger partial charge in [-0.25, -0.2) is 4.39 Å². The Morgan fingerprint density at radius 1 is 1.21 bits per heavy atom. The molecule has 14 heavy (non-hydrogen) atoms. The Morgan fingerprint density at radius 3 is 2.71 bits per heavy atom. The largest absolute Gasteiger partial charge is 0.320 e. The highest BCUT2D eigenvalue weighted by Crippen LogP contribution is 2.23. The normalized spacial score (nSPS) is 12.7. The van der Waals surface area contributed by atoms with Gasteiger partial charge in [-0.15, -0.1) is 11.3 Å². The first-order valence-corrected chi connectivity index (χ1v) is 5.20. The van der Waals surface area contributed by atoms with Crippen molar-refractivity contribution >= 4 is 11.3 Å². The SMILES string of the molecule is N[C@H](c1cccc(F)c1)c1cccs1. The lowest BCUT2D eigenvalue weighted by atomic mass is 10.1. The first-order valence-electron chi connectivity index (χ1n) is 4.32. The van der Waals surface area contributed by atoms with E-state index in [-0.39, 0.29) is 11.9 Å². The molecule has 0 unspecified atom stereocenters. The third kappa shape index (κ3) is 1.84. The Balaban J connectivity index is 2.32. The molecular formula is C11H10FNS. The Labute approximate surface area is 86.0 Å². The van der Waals surface area contributed by atoms with Crippen LogP contribution in [0, 0.1) is 5.82 Å². The smallest absolute Gasteiger partial charge is 0.123 e. The second kappa shape index (κ2) is 3.90. The molecule has 0 radical (unpaired) electrons. The fourth-order valence-electron chi connectivity index (χ4n) is 1.33. The number of halogens is 1. The summed E-state index contributed by atoms with van der Waals surface area (Å²) in [6, 6.07) is 10.1. The molecule has 0 bridgehead atoms. The molecule has 0 amide bonds. The summed E-state index contributed by atoms with van der Waals surface area (Å²) in [5.41, 5.74) is 6.79. The minimum absolute atomic E-state index is 0.217. The lowest BCUT2D eigenvalue weighted by Crippen LogP contribution is -2.10. The molecule has 1 atom stereocenters. The number of hydrogen-bond acceptors (Lipinski definition) is 2. The second-order valence-corrected chi connectivity index (χ2v) is 4.03. The maximum atomic E-state index is 12.9. The van der Waals surface area contributed by atoms with Crippen molar-refractivity contribution in [3.8, 4) is 0 Å². The van der Waals surface area contributed by atoms with Gasteiger partial charge in [0.25, 0.3) is 0 Å². The Morgan fingerprint density at radius 2 is 2.07 bits per heavy atom. The van der Waals surface area contributed by atoms with Crippen LogP contribution in [0.25, 0.3) is 0 Å². The number of hydrogen-bond donors (Lipinski definition) is 1. The average Bonchev–Trinajstić information content (AvgIpc) is 2.69. The Hall–Kier alpha value is -1.19. The van der Waals surface area contributed by atoms with E-state index in [0.717, 1.165) is 10.4 Å². The van der Waals surface area contributed by atoms with Crippen molar-refractivity contribution in [1.29, 1.82) is 0 Å². The van der Waals surface area contributed by atoms with E-state index in [1.54, 1.807) is 17.4 Å². The first kappa shape index (κ1) is 9.37. The predicted octanol–water partition coefficient (Wildman–Crippen LogP) is 2.94. The zero-order chi connectivity index (χ0) is 9.97. The predicted molar refractivity (Wildman–Crippen MR) is 56.7 cm³/mol. The number of thiophene rings is 1. The third-order valence-corrected chi connectivity index (χ3v) is 3.01. The molecule has 0 fully saturated rings. The Kier molecular flexibility index (Phi) is 2.61. The van der Waals surface area contributed by atoms with Crippen LogP contribution in [0.5, 0.6) is 0 Å². The molecule has 1 nitrogen and oxygen atoms in total. The van der Waals surface area contributed by atoms with Crippen LogP contribution in [0.15, 0.2) is 41.8 Å². The quantitative estimate of drug-likeness (QED) is 0.805. The van der Waals surface area contributed by atoms with Gasteiger partial charge < -0.3 is 5.73 Å². The summed E-state index contributed by atoms with van der Waals surface area (Å²) in [6.45, 7) is 0. The molecule has 0 aliphatic carbocycles. The van der Waals surface area contributed by atoms with Gasteiger partial charge in [0.1, 0.15) is 5.82 Å². The highest BCUT2D eigenvalue weighted by Gasteiger charge is 2.09. The maximum absolute atomic E-state index is 12.9. The number of nitrogens with two attached hydrogens (primary N) is 1. The van der Waals surface area contributed by atoms with E-state index in [1.165, 1.54) is 12.1 Å². The molecule has 2 rings (SSSR count). The van der Waals surface area contributed by atoms with Crippen LogP contribution in [0.3, 0.4) is 0 Å². The van der Waals surface area contributed by atoms with Gasteiger partial charge >= 0.3 is 0 Å². The molecule has 0 aliphatic rings. The van der Waals surface area contributed by atoms with Crippen molar-refractivity contribution in [3.05, 3.63) is 58.0 Å². The molecule has 2 aromatic rings. The zero-order valence-corrected chi connectivity index (χ0v) is 8.30. The van der Waals surface area contributed by atoms with Gasteiger partial charge in [-0.3, -0.25) is 0 Å². The van der Waals surface area contributed by atoms with Crippen molar-refractivity contribution < 1.29 is 4.39 Å². The summed E-state index contributed by atoms with van der Waals surface area (Å²) in [4.78, 5) is 1.05. The van der Waals surface area contributed by atoms with Gasteiger partial charge in [-0.2, -0.15) is 0 Å². The third-order valence-electron chi connectivity index (χ3n) is 2.06. The van der Waals surface area contributed by atoms with E-state index in [0.29, 0.717) is 0 Å². The molecule has 3 heteroatoms. The molecule has 0 aliphatic heterocycles.